The van der Waals surface area contributed by atoms with Crippen molar-refractivity contribution < 1.29 is 8.42 Å². The molecule has 1 N–H and O–H groups in total. The van der Waals surface area contributed by atoms with Crippen molar-refractivity contribution in [3.63, 3.8) is 0 Å². The lowest BCUT2D eigenvalue weighted by atomic mass is 10.2. The maximum atomic E-state index is 11.4. The first-order valence-corrected chi connectivity index (χ1v) is 8.32. The van der Waals surface area contributed by atoms with Crippen LogP contribution < -0.4 is 5.32 Å². The van der Waals surface area contributed by atoms with Gasteiger partial charge in [-0.05, 0) is 31.5 Å². The summed E-state index contributed by atoms with van der Waals surface area (Å²) in [6.45, 7) is 6.21. The monoisotopic (exact) mass is 273 g/mol. The van der Waals surface area contributed by atoms with Gasteiger partial charge in [-0.3, -0.25) is 4.68 Å². The largest absolute Gasteiger partial charge is 0.317 e. The number of aromatic nitrogens is 2. The Kier molecular flexibility index (Phi) is 6.35. The van der Waals surface area contributed by atoms with Gasteiger partial charge in [0.25, 0.3) is 0 Å². The maximum Gasteiger partial charge on any atom is 0.151 e. The Labute approximate surface area is 109 Å². The van der Waals surface area contributed by atoms with Crippen LogP contribution in [0.5, 0.6) is 0 Å². The summed E-state index contributed by atoms with van der Waals surface area (Å²) >= 11 is 0. The van der Waals surface area contributed by atoms with Crippen LogP contribution in [0.25, 0.3) is 0 Å². The lowest BCUT2D eigenvalue weighted by molar-refractivity contribution is 0.581. The van der Waals surface area contributed by atoms with Gasteiger partial charge < -0.3 is 5.32 Å². The molecule has 0 spiro atoms. The minimum Gasteiger partial charge on any atom is -0.317 e. The van der Waals surface area contributed by atoms with E-state index in [0.29, 0.717) is 6.54 Å². The molecule has 1 aromatic heterocycles. The summed E-state index contributed by atoms with van der Waals surface area (Å²) in [5, 5.41) is 7.46. The van der Waals surface area contributed by atoms with Crippen molar-refractivity contribution in [1.29, 1.82) is 0 Å². The number of hydrogen-bond acceptors (Lipinski definition) is 4. The van der Waals surface area contributed by atoms with Gasteiger partial charge in [0.05, 0.1) is 18.5 Å². The fourth-order valence-corrected chi connectivity index (χ4v) is 2.38. The number of nitrogens with one attached hydrogen (secondary N) is 1. The van der Waals surface area contributed by atoms with E-state index in [9.17, 15) is 8.42 Å². The number of aryl methyl sites for hydroxylation is 2. The fourth-order valence-electron chi connectivity index (χ4n) is 1.63. The highest BCUT2D eigenvalue weighted by molar-refractivity contribution is 7.91. The number of nitrogens with zero attached hydrogens (tertiary/aromatic N) is 2. The van der Waals surface area contributed by atoms with Crippen molar-refractivity contribution in [3.05, 3.63) is 18.0 Å². The average molecular weight is 273 g/mol. The van der Waals surface area contributed by atoms with Gasteiger partial charge in [-0.2, -0.15) is 5.10 Å². The first-order chi connectivity index (χ1) is 8.57. The number of rotatable bonds is 9. The van der Waals surface area contributed by atoms with Crippen molar-refractivity contribution in [2.45, 2.75) is 33.2 Å². The molecule has 0 saturated heterocycles. The van der Waals surface area contributed by atoms with E-state index in [-0.39, 0.29) is 11.5 Å². The second-order valence-corrected chi connectivity index (χ2v) is 6.78. The van der Waals surface area contributed by atoms with Gasteiger partial charge in [0.2, 0.25) is 0 Å². The lowest BCUT2D eigenvalue weighted by Gasteiger charge is -2.01. The third kappa shape index (κ3) is 5.64. The van der Waals surface area contributed by atoms with Gasteiger partial charge in [-0.1, -0.05) is 13.8 Å². The molecular formula is C12H23N3O2S. The Bertz CT molecular complexity index is 440. The zero-order valence-electron chi connectivity index (χ0n) is 11.2. The molecule has 0 radical (unpaired) electrons. The lowest BCUT2D eigenvalue weighted by Crippen LogP contribution is -2.15. The Morgan fingerprint density at radius 2 is 2.17 bits per heavy atom. The molecule has 104 valence electrons. The molecule has 0 saturated carbocycles. The zero-order valence-corrected chi connectivity index (χ0v) is 12.0. The minimum absolute atomic E-state index is 0.169. The normalized spacial score (nSPS) is 11.9. The standard InChI is InChI=1S/C12H23N3O2S/c1-3-13-7-5-6-12-10-14-15(11-12)8-9-18(16,17)4-2/h10-11,13H,3-9H2,1-2H3. The summed E-state index contributed by atoms with van der Waals surface area (Å²) in [5.41, 5.74) is 1.17. The molecule has 0 amide bonds. The number of sulfone groups is 1. The maximum absolute atomic E-state index is 11.4. The summed E-state index contributed by atoms with van der Waals surface area (Å²) in [6, 6.07) is 0. The van der Waals surface area contributed by atoms with Gasteiger partial charge >= 0.3 is 0 Å². The van der Waals surface area contributed by atoms with E-state index in [2.05, 4.69) is 17.3 Å². The summed E-state index contributed by atoms with van der Waals surface area (Å²) in [4.78, 5) is 0. The molecule has 0 aliphatic heterocycles. The van der Waals surface area contributed by atoms with Crippen LogP contribution in [-0.2, 0) is 22.8 Å². The molecule has 0 fully saturated rings. The van der Waals surface area contributed by atoms with Crippen LogP contribution in [0.2, 0.25) is 0 Å². The molecule has 5 nitrogen and oxygen atoms in total. The van der Waals surface area contributed by atoms with Gasteiger partial charge in [0, 0.05) is 11.9 Å². The second-order valence-electron chi connectivity index (χ2n) is 4.31. The first-order valence-electron chi connectivity index (χ1n) is 6.50. The molecule has 0 unspecified atom stereocenters. The van der Waals surface area contributed by atoms with Crippen molar-refractivity contribution >= 4 is 9.84 Å². The summed E-state index contributed by atoms with van der Waals surface area (Å²) in [6.07, 6.45) is 5.82. The van der Waals surface area contributed by atoms with Crippen LogP contribution in [0.3, 0.4) is 0 Å². The van der Waals surface area contributed by atoms with E-state index in [0.717, 1.165) is 25.9 Å². The molecule has 0 bridgehead atoms. The number of hydrogen-bond donors (Lipinski definition) is 1. The van der Waals surface area contributed by atoms with E-state index in [1.165, 1.54) is 5.56 Å². The molecular weight excluding hydrogens is 250 g/mol. The molecule has 6 heteroatoms. The Hall–Kier alpha value is -0.880. The van der Waals surface area contributed by atoms with E-state index < -0.39 is 9.84 Å². The first kappa shape index (κ1) is 15.2. The van der Waals surface area contributed by atoms with Crippen molar-refractivity contribution in [2.75, 3.05) is 24.6 Å². The van der Waals surface area contributed by atoms with Gasteiger partial charge in [-0.15, -0.1) is 0 Å². The molecule has 18 heavy (non-hydrogen) atoms. The summed E-state index contributed by atoms with van der Waals surface area (Å²) < 4.78 is 24.5. The summed E-state index contributed by atoms with van der Waals surface area (Å²) in [5.74, 6) is 0.367. The molecule has 0 aliphatic carbocycles. The highest BCUT2D eigenvalue weighted by Gasteiger charge is 2.08. The smallest absolute Gasteiger partial charge is 0.151 e. The topological polar surface area (TPSA) is 64.0 Å². The summed E-state index contributed by atoms with van der Waals surface area (Å²) in [7, 11) is -2.90. The third-order valence-electron chi connectivity index (χ3n) is 2.83. The van der Waals surface area contributed by atoms with E-state index >= 15 is 0 Å². The Morgan fingerprint density at radius 3 is 2.83 bits per heavy atom. The molecule has 1 aromatic rings. The second kappa shape index (κ2) is 7.53. The van der Waals surface area contributed by atoms with Crippen LogP contribution in [0, 0.1) is 0 Å². The average Bonchev–Trinajstić information content (AvgIpc) is 2.80. The minimum atomic E-state index is -2.90. The van der Waals surface area contributed by atoms with Crippen molar-refractivity contribution in [2.24, 2.45) is 0 Å². The van der Waals surface area contributed by atoms with Crippen LogP contribution >= 0.6 is 0 Å². The quantitative estimate of drug-likeness (QED) is 0.678. The van der Waals surface area contributed by atoms with Crippen LogP contribution in [0.1, 0.15) is 25.8 Å². The zero-order chi connectivity index (χ0) is 13.4. The molecule has 0 aromatic carbocycles. The van der Waals surface area contributed by atoms with Crippen LogP contribution in [-0.4, -0.2) is 42.8 Å². The predicted octanol–water partition coefficient (Wildman–Crippen LogP) is 0.860. The van der Waals surface area contributed by atoms with Gasteiger partial charge in [0.15, 0.2) is 9.84 Å². The van der Waals surface area contributed by atoms with E-state index in [1.54, 1.807) is 11.6 Å². The van der Waals surface area contributed by atoms with Crippen molar-refractivity contribution in [1.82, 2.24) is 15.1 Å². The van der Waals surface area contributed by atoms with Gasteiger partial charge in [0.1, 0.15) is 0 Å². The predicted molar refractivity (Wildman–Crippen MR) is 73.4 cm³/mol. The fraction of sp³-hybridized carbons (Fsp3) is 0.750. The molecule has 0 atom stereocenters. The molecule has 0 aliphatic rings. The highest BCUT2D eigenvalue weighted by atomic mass is 32.2. The SMILES string of the molecule is CCNCCCc1cnn(CCS(=O)(=O)CC)c1. The molecule has 1 rings (SSSR count). The molecule has 1 heterocycles. The van der Waals surface area contributed by atoms with Gasteiger partial charge in [-0.25, -0.2) is 8.42 Å². The van der Waals surface area contributed by atoms with Crippen molar-refractivity contribution in [3.8, 4) is 0 Å². The van der Waals surface area contributed by atoms with E-state index in [4.69, 9.17) is 0 Å². The van der Waals surface area contributed by atoms with Crippen LogP contribution in [0.15, 0.2) is 12.4 Å². The highest BCUT2D eigenvalue weighted by Crippen LogP contribution is 2.02. The van der Waals surface area contributed by atoms with E-state index in [1.807, 2.05) is 12.4 Å². The van der Waals surface area contributed by atoms with Crippen LogP contribution in [0.4, 0.5) is 0 Å². The Morgan fingerprint density at radius 1 is 1.39 bits per heavy atom. The Balaban J connectivity index is 2.34. The third-order valence-corrected chi connectivity index (χ3v) is 4.51.